The molecule has 0 aliphatic heterocycles. The minimum absolute atomic E-state index is 0.141. The van der Waals surface area contributed by atoms with Gasteiger partial charge in [-0.3, -0.25) is 9.69 Å². The molecule has 0 unspecified atom stereocenters. The molecule has 0 amide bonds. The zero-order valence-electron chi connectivity index (χ0n) is 12.9. The average molecular weight is 342 g/mol. The van der Waals surface area contributed by atoms with Crippen LogP contribution in [0.2, 0.25) is 0 Å². The van der Waals surface area contributed by atoms with Gasteiger partial charge in [-0.05, 0) is 53.9 Å². The third-order valence-corrected chi connectivity index (χ3v) is 3.77. The molecule has 0 spiro atoms. The van der Waals surface area contributed by atoms with Gasteiger partial charge in [0.2, 0.25) is 0 Å². The van der Waals surface area contributed by atoms with Gasteiger partial charge in [0.15, 0.2) is 5.78 Å². The molecule has 0 aliphatic carbocycles. The lowest BCUT2D eigenvalue weighted by Gasteiger charge is -2.27. The van der Waals surface area contributed by atoms with Crippen molar-refractivity contribution in [1.29, 1.82) is 0 Å². The summed E-state index contributed by atoms with van der Waals surface area (Å²) in [6.45, 7) is 9.97. The van der Waals surface area contributed by atoms with Crippen LogP contribution < -0.4 is 4.74 Å². The predicted molar refractivity (Wildman–Crippen MR) is 86.6 cm³/mol. The summed E-state index contributed by atoms with van der Waals surface area (Å²) >= 11 is 3.42. The monoisotopic (exact) mass is 341 g/mol. The summed E-state index contributed by atoms with van der Waals surface area (Å²) in [5, 5.41) is 0. The number of rotatable bonds is 7. The summed E-state index contributed by atoms with van der Waals surface area (Å²) in [5.41, 5.74) is 0.715. The van der Waals surface area contributed by atoms with Crippen LogP contribution in [0.3, 0.4) is 0 Å². The predicted octanol–water partition coefficient (Wildman–Crippen LogP) is 4.01. The van der Waals surface area contributed by atoms with Gasteiger partial charge >= 0.3 is 0 Å². The maximum atomic E-state index is 12.4. The molecule has 0 bridgehead atoms. The maximum absolute atomic E-state index is 12.4. The second-order valence-corrected chi connectivity index (χ2v) is 6.54. The Morgan fingerprint density at radius 2 is 1.95 bits per heavy atom. The molecule has 0 saturated carbocycles. The lowest BCUT2D eigenvalue weighted by atomic mass is 10.1. The van der Waals surface area contributed by atoms with Gasteiger partial charge in [0.1, 0.15) is 5.75 Å². The summed E-state index contributed by atoms with van der Waals surface area (Å²) in [5.74, 6) is 1.43. The molecule has 3 nitrogen and oxygen atoms in total. The first kappa shape index (κ1) is 17.2. The fraction of sp³-hybridized carbons (Fsp3) is 0.562. The normalized spacial score (nSPS) is 11.4. The minimum atomic E-state index is 0.141. The van der Waals surface area contributed by atoms with Crippen LogP contribution in [0.5, 0.6) is 5.75 Å². The highest BCUT2D eigenvalue weighted by molar-refractivity contribution is 9.10. The van der Waals surface area contributed by atoms with Crippen LogP contribution in [-0.4, -0.2) is 36.9 Å². The van der Waals surface area contributed by atoms with E-state index >= 15 is 0 Å². The van der Waals surface area contributed by atoms with Gasteiger partial charge in [-0.25, -0.2) is 0 Å². The molecule has 20 heavy (non-hydrogen) atoms. The molecule has 1 rings (SSSR count). The highest BCUT2D eigenvalue weighted by Gasteiger charge is 2.17. The molecular formula is C16H24BrNO2. The smallest absolute Gasteiger partial charge is 0.176 e. The van der Waals surface area contributed by atoms with Crippen LogP contribution >= 0.6 is 15.9 Å². The molecule has 112 valence electrons. The van der Waals surface area contributed by atoms with Gasteiger partial charge in [-0.15, -0.1) is 0 Å². The quantitative estimate of drug-likeness (QED) is 0.702. The van der Waals surface area contributed by atoms with E-state index in [9.17, 15) is 4.79 Å². The zero-order chi connectivity index (χ0) is 15.3. The number of nitrogens with zero attached hydrogens (tertiary/aromatic N) is 1. The Morgan fingerprint density at radius 3 is 2.40 bits per heavy atom. The van der Waals surface area contributed by atoms with Crippen LogP contribution in [-0.2, 0) is 0 Å². The highest BCUT2D eigenvalue weighted by atomic mass is 79.9. The number of ketones is 1. The molecule has 1 aromatic carbocycles. The SMILES string of the molecule is COc1ccc(C(=O)CN(CC(C)C)C(C)C)cc1Br. The summed E-state index contributed by atoms with van der Waals surface area (Å²) in [7, 11) is 1.62. The molecule has 4 heteroatoms. The van der Waals surface area contributed by atoms with E-state index in [0.717, 1.165) is 16.8 Å². The maximum Gasteiger partial charge on any atom is 0.176 e. The molecule has 0 fully saturated rings. The Morgan fingerprint density at radius 1 is 1.30 bits per heavy atom. The minimum Gasteiger partial charge on any atom is -0.496 e. The van der Waals surface area contributed by atoms with E-state index in [2.05, 4.69) is 48.5 Å². The van der Waals surface area contributed by atoms with Crippen LogP contribution in [0.25, 0.3) is 0 Å². The Labute approximate surface area is 130 Å². The average Bonchev–Trinajstić information content (AvgIpc) is 2.37. The second-order valence-electron chi connectivity index (χ2n) is 5.69. The molecule has 0 heterocycles. The third-order valence-electron chi connectivity index (χ3n) is 3.15. The molecule has 0 aliphatic rings. The first-order valence-corrected chi connectivity index (χ1v) is 7.75. The molecule has 0 N–H and O–H groups in total. The number of Topliss-reactive ketones (excluding diaryl/α,β-unsaturated/α-hetero) is 1. The van der Waals surface area contributed by atoms with Crippen molar-refractivity contribution in [2.45, 2.75) is 33.7 Å². The van der Waals surface area contributed by atoms with Crippen LogP contribution in [0, 0.1) is 5.92 Å². The van der Waals surface area contributed by atoms with E-state index in [1.807, 2.05) is 18.2 Å². The molecule has 0 atom stereocenters. The summed E-state index contributed by atoms with van der Waals surface area (Å²) in [6, 6.07) is 5.83. The fourth-order valence-corrected chi connectivity index (χ4v) is 2.58. The van der Waals surface area contributed by atoms with Crippen molar-refractivity contribution in [3.8, 4) is 5.75 Å². The second kappa shape index (κ2) is 7.79. The fourth-order valence-electron chi connectivity index (χ4n) is 2.04. The molecular weight excluding hydrogens is 318 g/mol. The van der Waals surface area contributed by atoms with E-state index in [1.165, 1.54) is 0 Å². The van der Waals surface area contributed by atoms with Gasteiger partial charge in [-0.2, -0.15) is 0 Å². The summed E-state index contributed by atoms with van der Waals surface area (Å²) in [6.07, 6.45) is 0. The first-order chi connectivity index (χ1) is 9.35. The summed E-state index contributed by atoms with van der Waals surface area (Å²) < 4.78 is 5.99. The van der Waals surface area contributed by atoms with E-state index in [1.54, 1.807) is 7.11 Å². The number of hydrogen-bond donors (Lipinski definition) is 0. The van der Waals surface area contributed by atoms with Gasteiger partial charge in [0, 0.05) is 18.2 Å². The van der Waals surface area contributed by atoms with Gasteiger partial charge in [0.25, 0.3) is 0 Å². The lowest BCUT2D eigenvalue weighted by Crippen LogP contribution is -2.38. The number of benzene rings is 1. The number of carbonyl (C=O) groups is 1. The largest absolute Gasteiger partial charge is 0.496 e. The van der Waals surface area contributed by atoms with Gasteiger partial charge < -0.3 is 4.74 Å². The van der Waals surface area contributed by atoms with Crippen molar-refractivity contribution in [3.05, 3.63) is 28.2 Å². The number of methoxy groups -OCH3 is 1. The topological polar surface area (TPSA) is 29.5 Å². The third kappa shape index (κ3) is 4.91. The van der Waals surface area contributed by atoms with E-state index in [4.69, 9.17) is 4.74 Å². The van der Waals surface area contributed by atoms with Crippen molar-refractivity contribution in [2.75, 3.05) is 20.2 Å². The van der Waals surface area contributed by atoms with Crippen molar-refractivity contribution in [1.82, 2.24) is 4.90 Å². The Balaban J connectivity index is 2.81. The molecule has 0 saturated heterocycles. The lowest BCUT2D eigenvalue weighted by molar-refractivity contribution is 0.0892. The Hall–Kier alpha value is -0.870. The molecule has 0 radical (unpaired) electrons. The van der Waals surface area contributed by atoms with Crippen LogP contribution in [0.1, 0.15) is 38.1 Å². The van der Waals surface area contributed by atoms with E-state index in [-0.39, 0.29) is 5.78 Å². The standard InChI is InChI=1S/C16H24BrNO2/c1-11(2)9-18(12(3)4)10-15(19)13-6-7-16(20-5)14(17)8-13/h6-8,11-12H,9-10H2,1-5H3. The Bertz CT molecular complexity index is 458. The first-order valence-electron chi connectivity index (χ1n) is 6.96. The Kier molecular flexibility index (Phi) is 6.69. The van der Waals surface area contributed by atoms with Gasteiger partial charge in [0.05, 0.1) is 18.1 Å². The van der Waals surface area contributed by atoms with Crippen molar-refractivity contribution in [3.63, 3.8) is 0 Å². The molecule has 1 aromatic rings. The van der Waals surface area contributed by atoms with Crippen molar-refractivity contribution >= 4 is 21.7 Å². The van der Waals surface area contributed by atoms with E-state index < -0.39 is 0 Å². The number of halogens is 1. The molecule has 0 aromatic heterocycles. The van der Waals surface area contributed by atoms with E-state index in [0.29, 0.717) is 24.1 Å². The van der Waals surface area contributed by atoms with Gasteiger partial charge in [-0.1, -0.05) is 13.8 Å². The zero-order valence-corrected chi connectivity index (χ0v) is 14.5. The summed E-state index contributed by atoms with van der Waals surface area (Å²) in [4.78, 5) is 14.6. The van der Waals surface area contributed by atoms with Crippen molar-refractivity contribution in [2.24, 2.45) is 5.92 Å². The number of ether oxygens (including phenoxy) is 1. The number of hydrogen-bond acceptors (Lipinski definition) is 3. The van der Waals surface area contributed by atoms with Crippen molar-refractivity contribution < 1.29 is 9.53 Å². The highest BCUT2D eigenvalue weighted by Crippen LogP contribution is 2.25. The number of carbonyl (C=O) groups excluding carboxylic acids is 1. The van der Waals surface area contributed by atoms with Crippen LogP contribution in [0.15, 0.2) is 22.7 Å². The van der Waals surface area contributed by atoms with Crippen LogP contribution in [0.4, 0.5) is 0 Å².